The number of hydrogen-bond acceptors (Lipinski definition) is 3. The number of benzene rings is 1. The van der Waals surface area contributed by atoms with E-state index in [9.17, 15) is 9.59 Å². The fourth-order valence-corrected chi connectivity index (χ4v) is 5.10. The molecule has 2 heterocycles. The minimum absolute atomic E-state index is 0.0851. The molecule has 1 aromatic carbocycles. The number of fused-ring (bicyclic) bond motifs is 1. The van der Waals surface area contributed by atoms with Gasteiger partial charge in [-0.25, -0.2) is 0 Å². The molecule has 1 aliphatic carbocycles. The number of carbonyl (C=O) groups is 2. The standard InChI is InChI=1S/C22H31N3O2/c1-15-13-16-7-2-5-11-20(16)25(15)22(27)19-10-4-3-9-18(19)21(26)24-17-8-6-12-23-14-17/h2,5,7,11,15,17-19,23H,3-4,6,8-10,12-14H2,1H3,(H,24,26)/t15?,17-,18?,19?/m0/s1. The van der Waals surface area contributed by atoms with Gasteiger partial charge in [-0.15, -0.1) is 0 Å². The lowest BCUT2D eigenvalue weighted by Crippen LogP contribution is -2.51. The third-order valence-electron chi connectivity index (χ3n) is 6.51. The van der Waals surface area contributed by atoms with Gasteiger partial charge in [-0.1, -0.05) is 31.0 Å². The van der Waals surface area contributed by atoms with Crippen LogP contribution in [0.15, 0.2) is 24.3 Å². The molecule has 0 aromatic heterocycles. The molecule has 3 unspecified atom stereocenters. The van der Waals surface area contributed by atoms with E-state index in [0.717, 1.165) is 63.7 Å². The summed E-state index contributed by atoms with van der Waals surface area (Å²) in [6, 6.07) is 8.56. The van der Waals surface area contributed by atoms with Crippen LogP contribution in [0.4, 0.5) is 5.69 Å². The van der Waals surface area contributed by atoms with Gasteiger partial charge in [0.1, 0.15) is 0 Å². The Balaban J connectivity index is 1.50. The summed E-state index contributed by atoms with van der Waals surface area (Å²) in [6.07, 6.45) is 6.75. The number of carbonyl (C=O) groups excluding carboxylic acids is 2. The van der Waals surface area contributed by atoms with Crippen LogP contribution in [0.25, 0.3) is 0 Å². The highest BCUT2D eigenvalue weighted by Crippen LogP contribution is 2.38. The first kappa shape index (κ1) is 18.5. The van der Waals surface area contributed by atoms with E-state index in [-0.39, 0.29) is 35.7 Å². The molecular weight excluding hydrogens is 338 g/mol. The van der Waals surface area contributed by atoms with Gasteiger partial charge < -0.3 is 15.5 Å². The first-order valence-electron chi connectivity index (χ1n) is 10.6. The predicted octanol–water partition coefficient (Wildman–Crippen LogP) is 2.64. The maximum atomic E-state index is 13.5. The average Bonchev–Trinajstić information content (AvgIpc) is 3.04. The number of nitrogens with zero attached hydrogens (tertiary/aromatic N) is 1. The molecule has 4 atom stereocenters. The molecule has 3 aliphatic rings. The van der Waals surface area contributed by atoms with Crippen LogP contribution in [-0.2, 0) is 16.0 Å². The quantitative estimate of drug-likeness (QED) is 0.861. The average molecular weight is 370 g/mol. The topological polar surface area (TPSA) is 61.4 Å². The van der Waals surface area contributed by atoms with Gasteiger partial charge in [0.2, 0.25) is 11.8 Å². The first-order chi connectivity index (χ1) is 13.1. The zero-order valence-electron chi connectivity index (χ0n) is 16.2. The number of hydrogen-bond donors (Lipinski definition) is 2. The molecular formula is C22H31N3O2. The Hall–Kier alpha value is -1.88. The Bertz CT molecular complexity index is 699. The summed E-state index contributed by atoms with van der Waals surface area (Å²) in [6.45, 7) is 3.99. The van der Waals surface area contributed by atoms with Crippen molar-refractivity contribution in [1.82, 2.24) is 10.6 Å². The minimum Gasteiger partial charge on any atom is -0.352 e. The number of piperidine rings is 1. The number of amides is 2. The third-order valence-corrected chi connectivity index (χ3v) is 6.51. The van der Waals surface area contributed by atoms with Crippen molar-refractivity contribution >= 4 is 17.5 Å². The van der Waals surface area contributed by atoms with E-state index in [0.29, 0.717) is 0 Å². The highest BCUT2D eigenvalue weighted by atomic mass is 16.2. The zero-order valence-corrected chi connectivity index (χ0v) is 16.2. The van der Waals surface area contributed by atoms with Gasteiger partial charge in [0.15, 0.2) is 0 Å². The summed E-state index contributed by atoms with van der Waals surface area (Å²) in [5.74, 6) is -0.145. The Morgan fingerprint density at radius 1 is 1.07 bits per heavy atom. The fourth-order valence-electron chi connectivity index (χ4n) is 5.10. The molecule has 27 heavy (non-hydrogen) atoms. The van der Waals surface area contributed by atoms with Crippen LogP contribution in [-0.4, -0.2) is 37.0 Å². The van der Waals surface area contributed by atoms with Gasteiger partial charge >= 0.3 is 0 Å². The molecule has 1 saturated heterocycles. The number of rotatable bonds is 3. The molecule has 2 amide bonds. The molecule has 0 spiro atoms. The van der Waals surface area contributed by atoms with Gasteiger partial charge in [-0.2, -0.15) is 0 Å². The highest BCUT2D eigenvalue weighted by molar-refractivity contribution is 6.00. The van der Waals surface area contributed by atoms with Crippen molar-refractivity contribution in [2.45, 2.75) is 64.0 Å². The van der Waals surface area contributed by atoms with Crippen LogP contribution in [0, 0.1) is 11.8 Å². The molecule has 2 fully saturated rings. The number of para-hydroxylation sites is 1. The molecule has 1 aromatic rings. The monoisotopic (exact) mass is 369 g/mol. The molecule has 2 N–H and O–H groups in total. The third kappa shape index (κ3) is 3.75. The van der Waals surface area contributed by atoms with E-state index < -0.39 is 0 Å². The predicted molar refractivity (Wildman–Crippen MR) is 107 cm³/mol. The molecule has 0 bridgehead atoms. The second kappa shape index (κ2) is 8.01. The summed E-state index contributed by atoms with van der Waals surface area (Å²) in [7, 11) is 0. The maximum absolute atomic E-state index is 13.5. The lowest BCUT2D eigenvalue weighted by molar-refractivity contribution is -0.135. The first-order valence-corrected chi connectivity index (χ1v) is 10.6. The molecule has 2 aliphatic heterocycles. The van der Waals surface area contributed by atoms with Gasteiger partial charge in [0.05, 0.1) is 5.92 Å². The van der Waals surface area contributed by atoms with Crippen LogP contribution in [0.5, 0.6) is 0 Å². The summed E-state index contributed by atoms with van der Waals surface area (Å²) in [4.78, 5) is 28.5. The molecule has 5 heteroatoms. The van der Waals surface area contributed by atoms with Gasteiger partial charge in [-0.05, 0) is 57.2 Å². The molecule has 0 radical (unpaired) electrons. The van der Waals surface area contributed by atoms with Crippen LogP contribution >= 0.6 is 0 Å². The molecule has 5 nitrogen and oxygen atoms in total. The van der Waals surface area contributed by atoms with E-state index in [1.54, 1.807) is 0 Å². The van der Waals surface area contributed by atoms with Gasteiger partial charge in [-0.3, -0.25) is 9.59 Å². The molecule has 4 rings (SSSR count). The van der Waals surface area contributed by atoms with Crippen LogP contribution in [0.3, 0.4) is 0 Å². The minimum atomic E-state index is -0.191. The fraction of sp³-hybridized carbons (Fsp3) is 0.636. The summed E-state index contributed by atoms with van der Waals surface area (Å²) in [5, 5.41) is 6.57. The van der Waals surface area contributed by atoms with Crippen molar-refractivity contribution in [3.05, 3.63) is 29.8 Å². The summed E-state index contributed by atoms with van der Waals surface area (Å²) in [5.41, 5.74) is 2.28. The summed E-state index contributed by atoms with van der Waals surface area (Å²) < 4.78 is 0. The van der Waals surface area contributed by atoms with Gasteiger partial charge in [0.25, 0.3) is 0 Å². The van der Waals surface area contributed by atoms with E-state index in [2.05, 4.69) is 23.6 Å². The Morgan fingerprint density at radius 3 is 2.63 bits per heavy atom. The summed E-state index contributed by atoms with van der Waals surface area (Å²) >= 11 is 0. The van der Waals surface area contributed by atoms with Crippen molar-refractivity contribution in [2.24, 2.45) is 11.8 Å². The largest absolute Gasteiger partial charge is 0.352 e. The van der Waals surface area contributed by atoms with E-state index in [4.69, 9.17) is 0 Å². The molecule has 1 saturated carbocycles. The second-order valence-corrected chi connectivity index (χ2v) is 8.44. The zero-order chi connectivity index (χ0) is 18.8. The second-order valence-electron chi connectivity index (χ2n) is 8.44. The number of nitrogens with one attached hydrogen (secondary N) is 2. The van der Waals surface area contributed by atoms with Crippen molar-refractivity contribution in [3.8, 4) is 0 Å². The Kier molecular flexibility index (Phi) is 5.48. The van der Waals surface area contributed by atoms with Crippen LogP contribution in [0.2, 0.25) is 0 Å². The Morgan fingerprint density at radius 2 is 1.85 bits per heavy atom. The SMILES string of the molecule is CC1Cc2ccccc2N1C(=O)C1CCCCC1C(=O)N[C@H]1CCCNC1. The van der Waals surface area contributed by atoms with Crippen molar-refractivity contribution in [1.29, 1.82) is 0 Å². The number of anilines is 1. The van der Waals surface area contributed by atoms with Gasteiger partial charge in [0, 0.05) is 30.2 Å². The van der Waals surface area contributed by atoms with Crippen molar-refractivity contribution in [2.75, 3.05) is 18.0 Å². The normalized spacial score (nSPS) is 30.6. The smallest absolute Gasteiger partial charge is 0.231 e. The maximum Gasteiger partial charge on any atom is 0.231 e. The van der Waals surface area contributed by atoms with Crippen molar-refractivity contribution in [3.63, 3.8) is 0 Å². The van der Waals surface area contributed by atoms with Crippen molar-refractivity contribution < 1.29 is 9.59 Å². The van der Waals surface area contributed by atoms with Crippen LogP contribution in [0.1, 0.15) is 51.0 Å². The molecule has 146 valence electrons. The highest BCUT2D eigenvalue weighted by Gasteiger charge is 2.41. The Labute approximate surface area is 161 Å². The van der Waals surface area contributed by atoms with Crippen LogP contribution < -0.4 is 15.5 Å². The van der Waals surface area contributed by atoms with E-state index in [1.807, 2.05) is 23.1 Å². The lowest BCUT2D eigenvalue weighted by Gasteiger charge is -2.35. The van der Waals surface area contributed by atoms with E-state index in [1.165, 1.54) is 5.56 Å². The lowest BCUT2D eigenvalue weighted by atomic mass is 9.77. The van der Waals surface area contributed by atoms with E-state index >= 15 is 0 Å².